The molecule has 4 rings (SSSR count). The summed E-state index contributed by atoms with van der Waals surface area (Å²) in [6, 6.07) is 8.93. The lowest BCUT2D eigenvalue weighted by molar-refractivity contribution is -0.286. The van der Waals surface area contributed by atoms with Gasteiger partial charge in [-0.05, 0) is 30.3 Å². The maximum atomic E-state index is 13.0. The molecule has 1 amide bonds. The topological polar surface area (TPSA) is 82.5 Å². The highest BCUT2D eigenvalue weighted by molar-refractivity contribution is 9.10. The van der Waals surface area contributed by atoms with E-state index >= 15 is 0 Å². The summed E-state index contributed by atoms with van der Waals surface area (Å²) in [5.74, 6) is -0.843. The third-order valence-electron chi connectivity index (χ3n) is 3.79. The molecule has 0 spiro atoms. The minimum absolute atomic E-state index is 0.126. The van der Waals surface area contributed by atoms with Crippen LogP contribution < -0.4 is 20.3 Å². The molecule has 2 heterocycles. The lowest BCUT2D eigenvalue weighted by atomic mass is 10.2. The monoisotopic (exact) mass is 437 g/mol. The number of ether oxygens (including phenoxy) is 2. The van der Waals surface area contributed by atoms with Crippen molar-refractivity contribution in [2.24, 2.45) is 0 Å². The maximum absolute atomic E-state index is 13.0. The van der Waals surface area contributed by atoms with Crippen molar-refractivity contribution >= 4 is 38.4 Å². The van der Waals surface area contributed by atoms with E-state index in [-0.39, 0.29) is 29.3 Å². The van der Waals surface area contributed by atoms with Gasteiger partial charge in [-0.15, -0.1) is 8.78 Å². The van der Waals surface area contributed by atoms with Crippen LogP contribution in [0.25, 0.3) is 10.9 Å². The molecule has 0 unspecified atom stereocenters. The molecule has 2 aromatic carbocycles. The van der Waals surface area contributed by atoms with Crippen LogP contribution in [0.15, 0.2) is 52.0 Å². The van der Waals surface area contributed by atoms with Crippen molar-refractivity contribution in [2.45, 2.75) is 12.8 Å². The lowest BCUT2D eigenvalue weighted by Crippen LogP contribution is -2.27. The van der Waals surface area contributed by atoms with Gasteiger partial charge in [-0.3, -0.25) is 14.2 Å². The molecule has 1 N–H and O–H groups in total. The SMILES string of the molecule is O=C(Cn1cnc2ccc(Br)cc2c1=O)Nc1ccc2c(c1)OC(F)(F)O2. The van der Waals surface area contributed by atoms with Gasteiger partial charge >= 0.3 is 6.29 Å². The highest BCUT2D eigenvalue weighted by Gasteiger charge is 2.43. The van der Waals surface area contributed by atoms with Crippen LogP contribution in [-0.2, 0) is 11.3 Å². The summed E-state index contributed by atoms with van der Waals surface area (Å²) >= 11 is 3.29. The van der Waals surface area contributed by atoms with Crippen LogP contribution in [0.2, 0.25) is 0 Å². The van der Waals surface area contributed by atoms with Gasteiger partial charge in [-0.1, -0.05) is 15.9 Å². The molecule has 0 saturated heterocycles. The number of carbonyl (C=O) groups excluding carboxylic acids is 1. The first-order valence-corrected chi connectivity index (χ1v) is 8.44. The molecule has 1 aromatic heterocycles. The second-order valence-electron chi connectivity index (χ2n) is 5.72. The van der Waals surface area contributed by atoms with Gasteiger partial charge in [0.1, 0.15) is 6.54 Å². The van der Waals surface area contributed by atoms with Crippen LogP contribution in [0.5, 0.6) is 11.5 Å². The number of benzene rings is 2. The molecule has 1 aliphatic heterocycles. The highest BCUT2D eigenvalue weighted by Crippen LogP contribution is 2.42. The standard InChI is InChI=1S/C17H10BrF2N3O4/c18-9-1-3-12-11(5-9)16(25)23(8-21-12)7-15(24)22-10-2-4-13-14(6-10)27-17(19,20)26-13/h1-6,8H,7H2,(H,22,24). The molecule has 10 heteroatoms. The molecule has 1 aliphatic rings. The van der Waals surface area contributed by atoms with Crippen LogP contribution in [0.4, 0.5) is 14.5 Å². The quantitative estimate of drug-likeness (QED) is 0.680. The Bertz CT molecular complexity index is 1130. The largest absolute Gasteiger partial charge is 0.586 e. The number of halogens is 3. The Morgan fingerprint density at radius 1 is 1.19 bits per heavy atom. The van der Waals surface area contributed by atoms with Crippen molar-refractivity contribution in [1.82, 2.24) is 9.55 Å². The summed E-state index contributed by atoms with van der Waals surface area (Å²) in [6.07, 6.45) is -2.46. The summed E-state index contributed by atoms with van der Waals surface area (Å²) < 4.78 is 36.6. The normalized spacial score (nSPS) is 14.3. The zero-order chi connectivity index (χ0) is 19.2. The minimum atomic E-state index is -3.73. The molecule has 138 valence electrons. The van der Waals surface area contributed by atoms with E-state index in [0.29, 0.717) is 15.4 Å². The Hall–Kier alpha value is -3.01. The Morgan fingerprint density at radius 3 is 2.78 bits per heavy atom. The van der Waals surface area contributed by atoms with Crippen molar-refractivity contribution in [3.05, 3.63) is 57.6 Å². The number of anilines is 1. The smallest absolute Gasteiger partial charge is 0.395 e. The van der Waals surface area contributed by atoms with E-state index in [0.717, 1.165) is 4.57 Å². The molecule has 7 nitrogen and oxygen atoms in total. The predicted octanol–water partition coefficient (Wildman–Crippen LogP) is 3.12. The van der Waals surface area contributed by atoms with E-state index in [1.165, 1.54) is 24.5 Å². The number of carbonyl (C=O) groups is 1. The van der Waals surface area contributed by atoms with Crippen LogP contribution in [0.3, 0.4) is 0 Å². The maximum Gasteiger partial charge on any atom is 0.586 e. The molecule has 0 aliphatic carbocycles. The predicted molar refractivity (Wildman–Crippen MR) is 95.0 cm³/mol. The molecule has 0 fully saturated rings. The fourth-order valence-electron chi connectivity index (χ4n) is 2.63. The van der Waals surface area contributed by atoms with E-state index in [1.807, 2.05) is 0 Å². The first-order chi connectivity index (χ1) is 12.8. The highest BCUT2D eigenvalue weighted by atomic mass is 79.9. The Kier molecular flexibility index (Phi) is 4.06. The Labute approximate surface area is 158 Å². The van der Waals surface area contributed by atoms with E-state index < -0.39 is 12.2 Å². The zero-order valence-corrected chi connectivity index (χ0v) is 15.0. The van der Waals surface area contributed by atoms with Crippen molar-refractivity contribution < 1.29 is 23.0 Å². The number of aromatic nitrogens is 2. The summed E-state index contributed by atoms with van der Waals surface area (Å²) in [6.45, 7) is -0.293. The van der Waals surface area contributed by atoms with E-state index in [9.17, 15) is 18.4 Å². The van der Waals surface area contributed by atoms with Gasteiger partial charge in [0.15, 0.2) is 11.5 Å². The number of hydrogen-bond acceptors (Lipinski definition) is 5. The summed E-state index contributed by atoms with van der Waals surface area (Å²) in [5, 5.41) is 2.88. The number of nitrogens with one attached hydrogen (secondary N) is 1. The van der Waals surface area contributed by atoms with Crippen LogP contribution in [0, 0.1) is 0 Å². The van der Waals surface area contributed by atoms with Crippen molar-refractivity contribution in [1.29, 1.82) is 0 Å². The average molecular weight is 438 g/mol. The van der Waals surface area contributed by atoms with E-state index in [1.54, 1.807) is 18.2 Å². The van der Waals surface area contributed by atoms with Gasteiger partial charge in [0.2, 0.25) is 5.91 Å². The van der Waals surface area contributed by atoms with Gasteiger partial charge in [-0.2, -0.15) is 0 Å². The van der Waals surface area contributed by atoms with Crippen LogP contribution in [0.1, 0.15) is 0 Å². The van der Waals surface area contributed by atoms with E-state index in [2.05, 4.69) is 35.7 Å². The van der Waals surface area contributed by atoms with Crippen molar-refractivity contribution in [3.8, 4) is 11.5 Å². The fraction of sp³-hybridized carbons (Fsp3) is 0.118. The molecule has 0 radical (unpaired) electrons. The van der Waals surface area contributed by atoms with Gasteiger partial charge in [-0.25, -0.2) is 4.98 Å². The number of amides is 1. The number of hydrogen-bond donors (Lipinski definition) is 1. The molecule has 0 saturated carbocycles. The molecule has 0 atom stereocenters. The Morgan fingerprint density at radius 2 is 1.96 bits per heavy atom. The van der Waals surface area contributed by atoms with Gasteiger partial charge in [0.25, 0.3) is 5.56 Å². The van der Waals surface area contributed by atoms with Gasteiger partial charge in [0.05, 0.1) is 17.2 Å². The lowest BCUT2D eigenvalue weighted by Gasteiger charge is -2.08. The summed E-state index contributed by atoms with van der Waals surface area (Å²) in [7, 11) is 0. The van der Waals surface area contributed by atoms with Crippen LogP contribution in [-0.4, -0.2) is 21.8 Å². The van der Waals surface area contributed by atoms with Crippen molar-refractivity contribution in [2.75, 3.05) is 5.32 Å². The summed E-state index contributed by atoms with van der Waals surface area (Å²) in [4.78, 5) is 28.9. The zero-order valence-electron chi connectivity index (χ0n) is 13.4. The molecular formula is C17H10BrF2N3O4. The third-order valence-corrected chi connectivity index (χ3v) is 4.28. The number of nitrogens with zero attached hydrogens (tertiary/aromatic N) is 2. The second kappa shape index (κ2) is 6.31. The minimum Gasteiger partial charge on any atom is -0.395 e. The molecule has 27 heavy (non-hydrogen) atoms. The number of fused-ring (bicyclic) bond motifs is 2. The van der Waals surface area contributed by atoms with Gasteiger partial charge < -0.3 is 14.8 Å². The Balaban J connectivity index is 1.53. The second-order valence-corrected chi connectivity index (χ2v) is 6.63. The molecular weight excluding hydrogens is 428 g/mol. The van der Waals surface area contributed by atoms with Gasteiger partial charge in [0, 0.05) is 16.2 Å². The average Bonchev–Trinajstić information content (AvgIpc) is 2.91. The van der Waals surface area contributed by atoms with Crippen molar-refractivity contribution in [3.63, 3.8) is 0 Å². The van der Waals surface area contributed by atoms with Crippen LogP contribution >= 0.6 is 15.9 Å². The van der Waals surface area contributed by atoms with E-state index in [4.69, 9.17) is 0 Å². The first kappa shape index (κ1) is 17.4. The molecule has 0 bridgehead atoms. The molecule has 3 aromatic rings. The summed E-state index contributed by atoms with van der Waals surface area (Å²) in [5.41, 5.74) is 0.364. The first-order valence-electron chi connectivity index (χ1n) is 7.65. The number of rotatable bonds is 3. The third kappa shape index (κ3) is 3.47. The fourth-order valence-corrected chi connectivity index (χ4v) is 2.99. The number of alkyl halides is 2.